The monoisotopic (exact) mass is 220 g/mol. The van der Waals surface area contributed by atoms with Gasteiger partial charge in [-0.3, -0.25) is 0 Å². The fourth-order valence-corrected chi connectivity index (χ4v) is 4.22. The third-order valence-corrected chi connectivity index (χ3v) is 5.40. The Morgan fingerprint density at radius 1 is 1.27 bits per heavy atom. The molecule has 3 rings (SSSR count). The Kier molecular flexibility index (Phi) is 2.39. The summed E-state index contributed by atoms with van der Waals surface area (Å²) in [6.07, 6.45) is 8.81. The lowest BCUT2D eigenvalue weighted by Crippen LogP contribution is -2.27. The predicted octanol–water partition coefficient (Wildman–Crippen LogP) is 4.51. The van der Waals surface area contributed by atoms with Gasteiger partial charge in [0, 0.05) is 4.88 Å². The van der Waals surface area contributed by atoms with Crippen LogP contribution in [0.1, 0.15) is 43.9 Å². The highest BCUT2D eigenvalue weighted by Gasteiger charge is 2.52. The topological polar surface area (TPSA) is 0 Å². The average molecular weight is 220 g/mol. The zero-order valence-electron chi connectivity index (χ0n) is 9.54. The molecular formula is C14H20S. The maximum atomic E-state index is 2.42. The van der Waals surface area contributed by atoms with Gasteiger partial charge in [-0.2, -0.15) is 0 Å². The van der Waals surface area contributed by atoms with Crippen LogP contribution < -0.4 is 0 Å². The molecule has 2 aliphatic rings. The molecule has 1 heteroatoms. The van der Waals surface area contributed by atoms with Crippen LogP contribution in [0, 0.1) is 17.3 Å². The molecule has 0 amide bonds. The second-order valence-electron chi connectivity index (χ2n) is 5.39. The van der Waals surface area contributed by atoms with E-state index in [1.165, 1.54) is 38.5 Å². The van der Waals surface area contributed by atoms with Gasteiger partial charge in [0.2, 0.25) is 0 Å². The van der Waals surface area contributed by atoms with Crippen molar-refractivity contribution in [2.24, 2.45) is 17.3 Å². The van der Waals surface area contributed by atoms with E-state index in [0.29, 0.717) is 5.41 Å². The first-order valence-electron chi connectivity index (χ1n) is 6.37. The summed E-state index contributed by atoms with van der Waals surface area (Å²) in [6.45, 7) is 2.42. The highest BCUT2D eigenvalue weighted by molar-refractivity contribution is 7.09. The van der Waals surface area contributed by atoms with Crippen LogP contribution >= 0.6 is 11.3 Å². The number of hydrogen-bond acceptors (Lipinski definition) is 1. The Morgan fingerprint density at radius 2 is 1.93 bits per heavy atom. The average Bonchev–Trinajstić information content (AvgIpc) is 3.15. The van der Waals surface area contributed by atoms with Gasteiger partial charge < -0.3 is 0 Å². The normalized spacial score (nSPS) is 21.9. The van der Waals surface area contributed by atoms with Crippen molar-refractivity contribution >= 4 is 11.3 Å². The van der Waals surface area contributed by atoms with E-state index in [4.69, 9.17) is 0 Å². The Labute approximate surface area is 96.7 Å². The van der Waals surface area contributed by atoms with Gasteiger partial charge in [-0.15, -0.1) is 11.3 Å². The second kappa shape index (κ2) is 3.62. The highest BCUT2D eigenvalue weighted by Crippen LogP contribution is 2.61. The summed E-state index contributed by atoms with van der Waals surface area (Å²) < 4.78 is 0. The zero-order valence-corrected chi connectivity index (χ0v) is 10.4. The van der Waals surface area contributed by atoms with E-state index in [1.807, 2.05) is 11.3 Å². The molecule has 1 aromatic heterocycles. The lowest BCUT2D eigenvalue weighted by Gasteiger charge is -2.33. The lowest BCUT2D eigenvalue weighted by atomic mass is 9.72. The van der Waals surface area contributed by atoms with Crippen molar-refractivity contribution in [1.29, 1.82) is 0 Å². The van der Waals surface area contributed by atoms with Gasteiger partial charge in [0.05, 0.1) is 0 Å². The molecule has 0 radical (unpaired) electrons. The molecule has 82 valence electrons. The third-order valence-electron chi connectivity index (χ3n) is 4.52. The molecule has 0 unspecified atom stereocenters. The van der Waals surface area contributed by atoms with Gasteiger partial charge in [-0.25, -0.2) is 0 Å². The molecule has 1 heterocycles. The molecule has 0 atom stereocenters. The van der Waals surface area contributed by atoms with E-state index in [2.05, 4.69) is 24.4 Å². The maximum Gasteiger partial charge on any atom is 0.00509 e. The summed E-state index contributed by atoms with van der Waals surface area (Å²) >= 11 is 1.96. The molecule has 0 aromatic carbocycles. The predicted molar refractivity (Wildman–Crippen MR) is 66.2 cm³/mol. The van der Waals surface area contributed by atoms with E-state index in [0.717, 1.165) is 11.8 Å². The quantitative estimate of drug-likeness (QED) is 0.685. The summed E-state index contributed by atoms with van der Waals surface area (Å²) in [4.78, 5) is 1.62. The molecule has 0 N–H and O–H groups in total. The summed E-state index contributed by atoms with van der Waals surface area (Å²) in [6, 6.07) is 4.54. The third kappa shape index (κ3) is 1.75. The van der Waals surface area contributed by atoms with Crippen molar-refractivity contribution in [1.82, 2.24) is 0 Å². The van der Waals surface area contributed by atoms with Gasteiger partial charge in [0.15, 0.2) is 0 Å². The molecule has 0 aliphatic heterocycles. The highest BCUT2D eigenvalue weighted by atomic mass is 32.1. The van der Waals surface area contributed by atoms with Crippen LogP contribution in [0.15, 0.2) is 17.5 Å². The SMILES string of the molecule is CCC(Cc1cccs1)(C1CC1)C1CC1. The fraction of sp³-hybridized carbons (Fsp3) is 0.714. The standard InChI is InChI=1S/C14H20S/c1-2-14(11-5-6-11,12-7-8-12)10-13-4-3-9-15-13/h3-4,9,11-12H,2,5-8,10H2,1H3. The summed E-state index contributed by atoms with van der Waals surface area (Å²) in [5.41, 5.74) is 0.699. The van der Waals surface area contributed by atoms with Crippen LogP contribution in [0.25, 0.3) is 0 Å². The molecule has 2 aliphatic carbocycles. The van der Waals surface area contributed by atoms with Crippen molar-refractivity contribution in [3.63, 3.8) is 0 Å². The molecule has 15 heavy (non-hydrogen) atoms. The number of rotatable bonds is 5. The van der Waals surface area contributed by atoms with Crippen LogP contribution in [-0.4, -0.2) is 0 Å². The summed E-state index contributed by atoms with van der Waals surface area (Å²) in [7, 11) is 0. The van der Waals surface area contributed by atoms with E-state index >= 15 is 0 Å². The maximum absolute atomic E-state index is 2.42. The lowest BCUT2D eigenvalue weighted by molar-refractivity contribution is 0.184. The van der Waals surface area contributed by atoms with E-state index in [1.54, 1.807) is 4.88 Å². The van der Waals surface area contributed by atoms with Crippen molar-refractivity contribution in [2.75, 3.05) is 0 Å². The second-order valence-corrected chi connectivity index (χ2v) is 6.42. The van der Waals surface area contributed by atoms with Crippen LogP contribution in [0.2, 0.25) is 0 Å². The first kappa shape index (κ1) is 9.89. The van der Waals surface area contributed by atoms with Crippen LogP contribution in [-0.2, 0) is 6.42 Å². The van der Waals surface area contributed by atoms with Gasteiger partial charge >= 0.3 is 0 Å². The minimum atomic E-state index is 0.699. The molecule has 1 aromatic rings. The minimum absolute atomic E-state index is 0.699. The molecule has 2 fully saturated rings. The molecular weight excluding hydrogens is 200 g/mol. The Hall–Kier alpha value is -0.300. The van der Waals surface area contributed by atoms with Gasteiger partial charge in [0.1, 0.15) is 0 Å². The van der Waals surface area contributed by atoms with E-state index in [-0.39, 0.29) is 0 Å². The van der Waals surface area contributed by atoms with Crippen molar-refractivity contribution < 1.29 is 0 Å². The van der Waals surface area contributed by atoms with Gasteiger partial charge in [-0.1, -0.05) is 13.0 Å². The largest absolute Gasteiger partial charge is 0.149 e. The van der Waals surface area contributed by atoms with Crippen molar-refractivity contribution in [2.45, 2.75) is 45.4 Å². The van der Waals surface area contributed by atoms with Crippen LogP contribution in [0.4, 0.5) is 0 Å². The minimum Gasteiger partial charge on any atom is -0.149 e. The molecule has 0 nitrogen and oxygen atoms in total. The Morgan fingerprint density at radius 3 is 2.33 bits per heavy atom. The molecule has 0 spiro atoms. The molecule has 2 saturated carbocycles. The molecule has 0 bridgehead atoms. The number of hydrogen-bond donors (Lipinski definition) is 0. The Balaban J connectivity index is 1.82. The van der Waals surface area contributed by atoms with Crippen molar-refractivity contribution in [3.8, 4) is 0 Å². The van der Waals surface area contributed by atoms with Crippen molar-refractivity contribution in [3.05, 3.63) is 22.4 Å². The van der Waals surface area contributed by atoms with E-state index < -0.39 is 0 Å². The smallest absolute Gasteiger partial charge is 0.00509 e. The first-order chi connectivity index (χ1) is 7.35. The Bertz CT molecular complexity index is 305. The fourth-order valence-electron chi connectivity index (χ4n) is 3.38. The summed E-state index contributed by atoms with van der Waals surface area (Å²) in [5.74, 6) is 2.13. The van der Waals surface area contributed by atoms with Crippen LogP contribution in [0.3, 0.4) is 0 Å². The number of thiophene rings is 1. The zero-order chi connectivity index (χ0) is 10.3. The van der Waals surface area contributed by atoms with E-state index in [9.17, 15) is 0 Å². The summed E-state index contributed by atoms with van der Waals surface area (Å²) in [5, 5.41) is 2.23. The molecule has 0 saturated heterocycles. The first-order valence-corrected chi connectivity index (χ1v) is 7.25. The van der Waals surface area contributed by atoms with Crippen LogP contribution in [0.5, 0.6) is 0 Å². The van der Waals surface area contributed by atoms with Gasteiger partial charge in [0.25, 0.3) is 0 Å². The van der Waals surface area contributed by atoms with Gasteiger partial charge in [-0.05, 0) is 67.2 Å².